The SMILES string of the molecule is COc1ccc(CN(C(=O)Cc2ccc(OC)c(OC)c2)C(Cc2ccccc2)C(=O)NCCO)cc1. The van der Waals surface area contributed by atoms with Crippen LogP contribution in [0.3, 0.4) is 0 Å². The third kappa shape index (κ3) is 7.72. The first-order chi connectivity index (χ1) is 18.0. The molecule has 2 amide bonds. The summed E-state index contributed by atoms with van der Waals surface area (Å²) in [7, 11) is 4.69. The summed E-state index contributed by atoms with van der Waals surface area (Å²) in [5.41, 5.74) is 2.51. The average Bonchev–Trinajstić information content (AvgIpc) is 2.94. The molecule has 0 aliphatic carbocycles. The number of rotatable bonds is 13. The molecule has 0 bridgehead atoms. The smallest absolute Gasteiger partial charge is 0.243 e. The second kappa shape index (κ2) is 13.9. The number of aliphatic hydroxyl groups is 1. The van der Waals surface area contributed by atoms with Gasteiger partial charge < -0.3 is 29.5 Å². The van der Waals surface area contributed by atoms with Crippen molar-refractivity contribution >= 4 is 11.8 Å². The maximum atomic E-state index is 13.8. The van der Waals surface area contributed by atoms with E-state index in [-0.39, 0.29) is 37.9 Å². The van der Waals surface area contributed by atoms with Gasteiger partial charge in [-0.3, -0.25) is 9.59 Å². The minimum absolute atomic E-state index is 0.0646. The monoisotopic (exact) mass is 506 g/mol. The van der Waals surface area contributed by atoms with Crippen LogP contribution in [0.2, 0.25) is 0 Å². The zero-order valence-corrected chi connectivity index (χ0v) is 21.5. The van der Waals surface area contributed by atoms with Crippen molar-refractivity contribution in [1.29, 1.82) is 0 Å². The fourth-order valence-corrected chi connectivity index (χ4v) is 4.05. The number of amides is 2. The van der Waals surface area contributed by atoms with Crippen LogP contribution in [-0.4, -0.2) is 62.3 Å². The highest BCUT2D eigenvalue weighted by Gasteiger charge is 2.30. The van der Waals surface area contributed by atoms with Crippen molar-refractivity contribution in [3.63, 3.8) is 0 Å². The van der Waals surface area contributed by atoms with Gasteiger partial charge >= 0.3 is 0 Å². The van der Waals surface area contributed by atoms with Gasteiger partial charge in [0.1, 0.15) is 11.8 Å². The van der Waals surface area contributed by atoms with Crippen molar-refractivity contribution in [2.45, 2.75) is 25.4 Å². The number of ether oxygens (including phenoxy) is 3. The summed E-state index contributed by atoms with van der Waals surface area (Å²) in [6.45, 7) is 0.131. The molecule has 8 nitrogen and oxygen atoms in total. The summed E-state index contributed by atoms with van der Waals surface area (Å²) < 4.78 is 16.0. The summed E-state index contributed by atoms with van der Waals surface area (Å²) in [6.07, 6.45) is 0.390. The number of carbonyl (C=O) groups excluding carboxylic acids is 2. The van der Waals surface area contributed by atoms with Crippen molar-refractivity contribution in [2.75, 3.05) is 34.5 Å². The van der Waals surface area contributed by atoms with Crippen LogP contribution in [-0.2, 0) is 29.0 Å². The van der Waals surface area contributed by atoms with Gasteiger partial charge in [-0.15, -0.1) is 0 Å². The van der Waals surface area contributed by atoms with Crippen molar-refractivity contribution in [2.24, 2.45) is 0 Å². The van der Waals surface area contributed by atoms with E-state index in [1.54, 1.807) is 38.4 Å². The van der Waals surface area contributed by atoms with Crippen LogP contribution in [0.1, 0.15) is 16.7 Å². The molecule has 196 valence electrons. The molecule has 8 heteroatoms. The zero-order chi connectivity index (χ0) is 26.6. The normalized spacial score (nSPS) is 11.4. The van der Waals surface area contributed by atoms with Crippen LogP contribution in [0.25, 0.3) is 0 Å². The number of methoxy groups -OCH3 is 3. The molecule has 0 spiro atoms. The number of aliphatic hydroxyl groups excluding tert-OH is 1. The number of carbonyl (C=O) groups is 2. The minimum atomic E-state index is -0.788. The highest BCUT2D eigenvalue weighted by molar-refractivity contribution is 5.89. The van der Waals surface area contributed by atoms with Crippen LogP contribution in [0.5, 0.6) is 17.2 Å². The van der Waals surface area contributed by atoms with Crippen LogP contribution in [0.4, 0.5) is 0 Å². The summed E-state index contributed by atoms with van der Waals surface area (Å²) >= 11 is 0. The Morgan fingerprint density at radius 1 is 0.838 bits per heavy atom. The Morgan fingerprint density at radius 3 is 2.14 bits per heavy atom. The summed E-state index contributed by atoms with van der Waals surface area (Å²) in [5.74, 6) is 1.25. The molecule has 0 aliphatic rings. The predicted octanol–water partition coefficient (Wildman–Crippen LogP) is 3.00. The fourth-order valence-electron chi connectivity index (χ4n) is 4.05. The van der Waals surface area contributed by atoms with Crippen molar-refractivity contribution < 1.29 is 28.9 Å². The molecule has 0 radical (unpaired) electrons. The number of hydrogen-bond donors (Lipinski definition) is 2. The highest BCUT2D eigenvalue weighted by atomic mass is 16.5. The first kappa shape index (κ1) is 27.5. The lowest BCUT2D eigenvalue weighted by Crippen LogP contribution is -2.51. The molecular formula is C29H34N2O6. The number of nitrogens with zero attached hydrogens (tertiary/aromatic N) is 1. The molecule has 1 unspecified atom stereocenters. The third-order valence-electron chi connectivity index (χ3n) is 6.00. The van der Waals surface area contributed by atoms with Gasteiger partial charge in [-0.1, -0.05) is 48.5 Å². The van der Waals surface area contributed by atoms with Crippen LogP contribution in [0, 0.1) is 0 Å². The minimum Gasteiger partial charge on any atom is -0.497 e. The second-order valence-electron chi connectivity index (χ2n) is 8.46. The maximum Gasteiger partial charge on any atom is 0.243 e. The molecule has 37 heavy (non-hydrogen) atoms. The molecule has 0 heterocycles. The zero-order valence-electron chi connectivity index (χ0n) is 21.5. The Kier molecular flexibility index (Phi) is 10.3. The summed E-state index contributed by atoms with van der Waals surface area (Å²) in [4.78, 5) is 28.7. The number of nitrogens with one attached hydrogen (secondary N) is 1. The van der Waals surface area contributed by atoms with Crippen molar-refractivity contribution in [3.8, 4) is 17.2 Å². The van der Waals surface area contributed by atoms with Gasteiger partial charge in [0.05, 0.1) is 34.4 Å². The lowest BCUT2D eigenvalue weighted by Gasteiger charge is -2.31. The molecule has 0 saturated heterocycles. The Morgan fingerprint density at radius 2 is 1.51 bits per heavy atom. The highest BCUT2D eigenvalue weighted by Crippen LogP contribution is 2.28. The molecule has 3 aromatic rings. The molecule has 3 aromatic carbocycles. The molecule has 0 aromatic heterocycles. The van der Waals surface area contributed by atoms with Crippen molar-refractivity contribution in [3.05, 3.63) is 89.5 Å². The van der Waals surface area contributed by atoms with E-state index < -0.39 is 6.04 Å². The lowest BCUT2D eigenvalue weighted by molar-refractivity contribution is -0.140. The van der Waals surface area contributed by atoms with Gasteiger partial charge in [-0.2, -0.15) is 0 Å². The Balaban J connectivity index is 1.96. The van der Waals surface area contributed by atoms with Gasteiger partial charge in [-0.05, 0) is 41.0 Å². The van der Waals surface area contributed by atoms with E-state index in [2.05, 4.69) is 5.32 Å². The maximum absolute atomic E-state index is 13.8. The Labute approximate surface area is 217 Å². The van der Waals surface area contributed by atoms with E-state index in [9.17, 15) is 14.7 Å². The van der Waals surface area contributed by atoms with E-state index in [0.29, 0.717) is 23.7 Å². The van der Waals surface area contributed by atoms with Crippen molar-refractivity contribution in [1.82, 2.24) is 10.2 Å². The Bertz CT molecular complexity index is 1150. The number of benzene rings is 3. The van der Waals surface area contributed by atoms with E-state index in [1.165, 1.54) is 0 Å². The summed E-state index contributed by atoms with van der Waals surface area (Å²) in [5, 5.41) is 12.0. The van der Waals surface area contributed by atoms with Crippen LogP contribution < -0.4 is 19.5 Å². The molecule has 3 rings (SSSR count). The second-order valence-corrected chi connectivity index (χ2v) is 8.46. The standard InChI is InChI=1S/C29H34N2O6/c1-35-24-12-9-22(10-13-24)20-31(28(33)19-23-11-14-26(36-2)27(18-23)37-3)25(29(34)30-15-16-32)17-21-7-5-4-6-8-21/h4-14,18,25,32H,15-17,19-20H2,1-3H3,(H,30,34). The van der Waals surface area contributed by atoms with Crippen LogP contribution in [0.15, 0.2) is 72.8 Å². The molecule has 1 atom stereocenters. The van der Waals surface area contributed by atoms with Gasteiger partial charge in [0.2, 0.25) is 11.8 Å². The van der Waals surface area contributed by atoms with Gasteiger partial charge in [0.25, 0.3) is 0 Å². The molecule has 2 N–H and O–H groups in total. The first-order valence-corrected chi connectivity index (χ1v) is 12.0. The molecule has 0 fully saturated rings. The topological polar surface area (TPSA) is 97.3 Å². The third-order valence-corrected chi connectivity index (χ3v) is 6.00. The van der Waals surface area contributed by atoms with E-state index in [1.807, 2.05) is 60.7 Å². The van der Waals surface area contributed by atoms with E-state index >= 15 is 0 Å². The lowest BCUT2D eigenvalue weighted by atomic mass is 10.0. The molecular weight excluding hydrogens is 472 g/mol. The largest absolute Gasteiger partial charge is 0.497 e. The molecule has 0 saturated carbocycles. The fraction of sp³-hybridized carbons (Fsp3) is 0.310. The van der Waals surface area contributed by atoms with Gasteiger partial charge in [0.15, 0.2) is 11.5 Å². The predicted molar refractivity (Wildman–Crippen MR) is 141 cm³/mol. The quantitative estimate of drug-likeness (QED) is 0.370. The van der Waals surface area contributed by atoms with Gasteiger partial charge in [-0.25, -0.2) is 0 Å². The molecule has 0 aliphatic heterocycles. The Hall–Kier alpha value is -4.04. The van der Waals surface area contributed by atoms with Crippen LogP contribution >= 0.6 is 0 Å². The van der Waals surface area contributed by atoms with E-state index in [4.69, 9.17) is 14.2 Å². The summed E-state index contributed by atoms with van der Waals surface area (Å²) in [6, 6.07) is 21.5. The van der Waals surface area contributed by atoms with Gasteiger partial charge in [0, 0.05) is 19.5 Å². The number of hydrogen-bond acceptors (Lipinski definition) is 6. The average molecular weight is 507 g/mol. The van der Waals surface area contributed by atoms with E-state index in [0.717, 1.165) is 16.7 Å². The first-order valence-electron chi connectivity index (χ1n) is 12.0.